The Hall–Kier alpha value is -1.60. The molecule has 0 fully saturated rings. The molecule has 7 heteroatoms. The van der Waals surface area contributed by atoms with E-state index in [0.717, 1.165) is 9.75 Å². The second-order valence-electron chi connectivity index (χ2n) is 4.70. The second-order valence-corrected chi connectivity index (χ2v) is 6.02. The Morgan fingerprint density at radius 3 is 2.67 bits per heavy atom. The van der Waals surface area contributed by atoms with Crippen LogP contribution < -0.4 is 5.73 Å². The Bertz CT molecular complexity index is 475. The molecule has 1 unspecified atom stereocenters. The van der Waals surface area contributed by atoms with Crippen LogP contribution in [0.15, 0.2) is 12.1 Å². The number of unbranched alkanes of at least 4 members (excludes halogenated alkanes) is 1. The predicted octanol–water partition coefficient (Wildman–Crippen LogP) is 2.99. The van der Waals surface area contributed by atoms with Crippen LogP contribution in [0.25, 0.3) is 0 Å². The first-order chi connectivity index (χ1) is 9.95. The van der Waals surface area contributed by atoms with Gasteiger partial charge in [-0.25, -0.2) is 4.79 Å². The van der Waals surface area contributed by atoms with E-state index < -0.39 is 12.1 Å². The molecule has 0 radical (unpaired) electrons. The molecule has 0 saturated carbocycles. The van der Waals surface area contributed by atoms with Gasteiger partial charge >= 0.3 is 12.0 Å². The molecular formula is C14H22N2O4S. The van der Waals surface area contributed by atoms with E-state index in [4.69, 9.17) is 10.5 Å². The molecular weight excluding hydrogens is 292 g/mol. The van der Waals surface area contributed by atoms with Gasteiger partial charge in [-0.1, -0.05) is 6.42 Å². The first-order valence-electron chi connectivity index (χ1n) is 6.95. The van der Waals surface area contributed by atoms with E-state index in [9.17, 15) is 14.8 Å². The third kappa shape index (κ3) is 5.73. The molecule has 6 nitrogen and oxygen atoms in total. The lowest BCUT2D eigenvalue weighted by molar-refractivity contribution is -0.143. The number of primary amides is 1. The number of nitrogens with two attached hydrogens (primary N) is 1. The average Bonchev–Trinajstić information content (AvgIpc) is 2.84. The summed E-state index contributed by atoms with van der Waals surface area (Å²) in [7, 11) is 0. The van der Waals surface area contributed by atoms with E-state index >= 15 is 0 Å². The van der Waals surface area contributed by atoms with Crippen molar-refractivity contribution < 1.29 is 19.5 Å². The van der Waals surface area contributed by atoms with Crippen LogP contribution in [0.2, 0.25) is 0 Å². The summed E-state index contributed by atoms with van der Waals surface area (Å²) in [5.41, 5.74) is 5.14. The van der Waals surface area contributed by atoms with E-state index in [0.29, 0.717) is 37.4 Å². The van der Waals surface area contributed by atoms with Crippen LogP contribution in [0.5, 0.6) is 0 Å². The first-order valence-corrected chi connectivity index (χ1v) is 7.76. The number of hydrogen-bond acceptors (Lipinski definition) is 5. The van der Waals surface area contributed by atoms with Crippen molar-refractivity contribution in [3.8, 4) is 0 Å². The number of urea groups is 1. The second kappa shape index (κ2) is 8.63. The van der Waals surface area contributed by atoms with Crippen molar-refractivity contribution in [2.45, 2.75) is 45.6 Å². The Kier molecular flexibility index (Phi) is 7.18. The summed E-state index contributed by atoms with van der Waals surface area (Å²) >= 11 is 1.51. The lowest BCUT2D eigenvalue weighted by Crippen LogP contribution is -2.35. The Morgan fingerprint density at radius 1 is 1.43 bits per heavy atom. The van der Waals surface area contributed by atoms with Gasteiger partial charge in [-0.2, -0.15) is 5.06 Å². The highest BCUT2D eigenvalue weighted by molar-refractivity contribution is 7.12. The highest BCUT2D eigenvalue weighted by Crippen LogP contribution is 2.30. The summed E-state index contributed by atoms with van der Waals surface area (Å²) in [6.07, 6.45) is 2.21. The summed E-state index contributed by atoms with van der Waals surface area (Å²) in [4.78, 5) is 24.4. The molecule has 0 aliphatic heterocycles. The highest BCUT2D eigenvalue weighted by Gasteiger charge is 2.23. The Labute approximate surface area is 128 Å². The topological polar surface area (TPSA) is 92.9 Å². The van der Waals surface area contributed by atoms with Crippen LogP contribution in [0, 0.1) is 6.92 Å². The number of hydrogen-bond donors (Lipinski definition) is 2. The number of carbonyl (C=O) groups is 2. The third-order valence-electron chi connectivity index (χ3n) is 3.02. The minimum Gasteiger partial charge on any atom is -0.466 e. The van der Waals surface area contributed by atoms with Crippen LogP contribution in [-0.2, 0) is 9.53 Å². The summed E-state index contributed by atoms with van der Waals surface area (Å²) in [6.45, 7) is 4.10. The minimum absolute atomic E-state index is 0.225. The van der Waals surface area contributed by atoms with Crippen LogP contribution in [0.1, 0.15) is 48.4 Å². The molecule has 0 saturated heterocycles. The number of aryl methyl sites for hydroxylation is 1. The lowest BCUT2D eigenvalue weighted by atomic mass is 10.1. The number of hydroxylamine groups is 2. The van der Waals surface area contributed by atoms with Crippen LogP contribution in [0.3, 0.4) is 0 Å². The molecule has 1 atom stereocenters. The van der Waals surface area contributed by atoms with Crippen molar-refractivity contribution in [3.63, 3.8) is 0 Å². The monoisotopic (exact) mass is 314 g/mol. The zero-order valence-corrected chi connectivity index (χ0v) is 13.2. The number of nitrogens with zero attached hydrogens (tertiary/aromatic N) is 1. The van der Waals surface area contributed by atoms with Crippen molar-refractivity contribution in [3.05, 3.63) is 21.9 Å². The average molecular weight is 314 g/mol. The summed E-state index contributed by atoms with van der Waals surface area (Å²) in [5.74, 6) is -0.225. The van der Waals surface area contributed by atoms with Gasteiger partial charge in [-0.05, 0) is 38.8 Å². The summed E-state index contributed by atoms with van der Waals surface area (Å²) in [6, 6.07) is 2.46. The molecule has 0 aromatic carbocycles. The van der Waals surface area contributed by atoms with Gasteiger partial charge in [0.15, 0.2) is 0 Å². The van der Waals surface area contributed by atoms with Gasteiger partial charge in [-0.15, -0.1) is 11.3 Å². The zero-order valence-electron chi connectivity index (χ0n) is 12.4. The smallest absolute Gasteiger partial charge is 0.339 e. The van der Waals surface area contributed by atoms with E-state index in [-0.39, 0.29) is 5.97 Å². The summed E-state index contributed by atoms with van der Waals surface area (Å²) in [5, 5.41) is 10.4. The number of amides is 2. The first kappa shape index (κ1) is 17.5. The number of carbonyl (C=O) groups excluding carboxylic acids is 2. The van der Waals surface area contributed by atoms with Crippen LogP contribution in [0.4, 0.5) is 4.79 Å². The normalized spacial score (nSPS) is 12.0. The number of rotatable bonds is 8. The fourth-order valence-corrected chi connectivity index (χ4v) is 3.01. The van der Waals surface area contributed by atoms with Crippen molar-refractivity contribution in [1.29, 1.82) is 0 Å². The molecule has 0 spiro atoms. The number of esters is 1. The van der Waals surface area contributed by atoms with Gasteiger partial charge in [0, 0.05) is 16.2 Å². The van der Waals surface area contributed by atoms with E-state index in [1.165, 1.54) is 11.3 Å². The van der Waals surface area contributed by atoms with E-state index in [1.54, 1.807) is 6.92 Å². The van der Waals surface area contributed by atoms with Crippen molar-refractivity contribution in [2.75, 3.05) is 6.61 Å². The van der Waals surface area contributed by atoms with Gasteiger partial charge in [-0.3, -0.25) is 10.0 Å². The van der Waals surface area contributed by atoms with E-state index in [2.05, 4.69) is 0 Å². The largest absolute Gasteiger partial charge is 0.466 e. The van der Waals surface area contributed by atoms with Crippen LogP contribution >= 0.6 is 11.3 Å². The molecule has 1 heterocycles. The fraction of sp³-hybridized carbons (Fsp3) is 0.571. The zero-order chi connectivity index (χ0) is 15.8. The molecule has 3 N–H and O–H groups in total. The van der Waals surface area contributed by atoms with Gasteiger partial charge in [0.2, 0.25) is 0 Å². The van der Waals surface area contributed by atoms with Gasteiger partial charge in [0.05, 0.1) is 12.6 Å². The highest BCUT2D eigenvalue weighted by atomic mass is 32.1. The molecule has 1 aromatic rings. The van der Waals surface area contributed by atoms with Crippen molar-refractivity contribution >= 4 is 23.3 Å². The van der Waals surface area contributed by atoms with Crippen LogP contribution in [-0.4, -0.2) is 28.9 Å². The minimum atomic E-state index is -0.878. The molecule has 2 amide bonds. The number of ether oxygens (including phenoxy) is 1. The van der Waals surface area contributed by atoms with E-state index in [1.807, 2.05) is 19.1 Å². The SMILES string of the molecule is CCOC(=O)CCCCC(c1ccc(C)s1)N(O)C(N)=O. The number of thiophene rings is 1. The summed E-state index contributed by atoms with van der Waals surface area (Å²) < 4.78 is 4.85. The van der Waals surface area contributed by atoms with Gasteiger partial charge < -0.3 is 10.5 Å². The maximum absolute atomic E-state index is 11.2. The molecule has 118 valence electrons. The Morgan fingerprint density at radius 2 is 2.14 bits per heavy atom. The molecule has 0 bridgehead atoms. The van der Waals surface area contributed by atoms with Crippen molar-refractivity contribution in [2.24, 2.45) is 5.73 Å². The molecule has 1 rings (SSSR count). The van der Waals surface area contributed by atoms with Gasteiger partial charge in [0.1, 0.15) is 0 Å². The fourth-order valence-electron chi connectivity index (χ4n) is 2.01. The van der Waals surface area contributed by atoms with Gasteiger partial charge in [0.25, 0.3) is 0 Å². The predicted molar refractivity (Wildman–Crippen MR) is 80.1 cm³/mol. The van der Waals surface area contributed by atoms with Crippen molar-refractivity contribution in [1.82, 2.24) is 5.06 Å². The molecule has 0 aliphatic carbocycles. The molecule has 21 heavy (non-hydrogen) atoms. The lowest BCUT2D eigenvalue weighted by Gasteiger charge is -2.23. The Balaban J connectivity index is 2.54. The molecule has 1 aromatic heterocycles. The standard InChI is InChI=1S/C14H22N2O4S/c1-3-20-13(17)7-5-4-6-11(16(19)14(15)18)12-9-8-10(2)21-12/h8-9,11,19H,3-7H2,1-2H3,(H2,15,18). The maximum Gasteiger partial charge on any atom is 0.339 e. The maximum atomic E-state index is 11.2. The third-order valence-corrected chi connectivity index (χ3v) is 4.13. The molecule has 0 aliphatic rings. The quantitative estimate of drug-likeness (QED) is 0.334.